The number of benzene rings is 2. The van der Waals surface area contributed by atoms with E-state index in [1.807, 2.05) is 24.3 Å². The van der Waals surface area contributed by atoms with Crippen LogP contribution >= 0.6 is 90.4 Å². The van der Waals surface area contributed by atoms with Gasteiger partial charge in [0.15, 0.2) is 24.6 Å². The summed E-state index contributed by atoms with van der Waals surface area (Å²) in [5.74, 6) is -1.43. The number of ether oxygens (including phenoxy) is 7. The molecule has 5 rings (SSSR count). The minimum Gasteiger partial charge on any atom is -0.491 e. The molecular weight excluding hydrogens is 1380 g/mol. The average molecular weight is 1430 g/mol. The number of aliphatic carboxylic acids is 2. The summed E-state index contributed by atoms with van der Waals surface area (Å²) in [6.07, 6.45) is -29.3. The third kappa shape index (κ3) is 16.2. The lowest BCUT2D eigenvalue weighted by atomic mass is 9.93. The van der Waals surface area contributed by atoms with E-state index in [9.17, 15) is 70.2 Å². The van der Waals surface area contributed by atoms with Gasteiger partial charge in [-0.3, -0.25) is 19.2 Å². The fraction of sp³-hybridized carbons (Fsp3) is 0.619. The molecule has 23 nitrogen and oxygen atoms in total. The molecule has 6 unspecified atom stereocenters. The van der Waals surface area contributed by atoms with E-state index >= 15 is 0 Å². The smallest absolute Gasteiger partial charge is 0.306 e. The van der Waals surface area contributed by atoms with E-state index in [-0.39, 0.29) is 12.3 Å². The normalized spacial score (nSPS) is 31.5. The molecule has 15 atom stereocenters. The van der Waals surface area contributed by atoms with E-state index in [0.717, 1.165) is 19.8 Å². The van der Waals surface area contributed by atoms with Crippen molar-refractivity contribution < 1.29 is 103 Å². The van der Waals surface area contributed by atoms with E-state index in [1.165, 1.54) is 0 Å². The number of aliphatic hydroxyl groups excluding tert-OH is 8. The Morgan fingerprint density at radius 3 is 1.68 bits per heavy atom. The second-order valence-electron chi connectivity index (χ2n) is 16.4. The van der Waals surface area contributed by atoms with Crippen LogP contribution in [0.2, 0.25) is 0 Å². The molecule has 0 radical (unpaired) electrons. The van der Waals surface area contributed by atoms with Crippen LogP contribution in [0.1, 0.15) is 44.6 Å². The highest BCUT2D eigenvalue weighted by atomic mass is 127. The van der Waals surface area contributed by atoms with Gasteiger partial charge in [-0.2, -0.15) is 0 Å². The Labute approximate surface area is 449 Å². The molecule has 0 aliphatic carbocycles. The number of aliphatic hydroxyl groups is 8. The summed E-state index contributed by atoms with van der Waals surface area (Å²) < 4.78 is 43.7. The maximum atomic E-state index is 13.3. The van der Waals surface area contributed by atoms with Gasteiger partial charge < -0.3 is 94.9 Å². The minimum absolute atomic E-state index is 0.0785. The molecule has 2 aromatic rings. The van der Waals surface area contributed by atoms with Crippen molar-refractivity contribution in [1.29, 1.82) is 0 Å². The van der Waals surface area contributed by atoms with Crippen LogP contribution in [-0.4, -0.2) is 193 Å². The summed E-state index contributed by atoms with van der Waals surface area (Å²) in [7, 11) is 0. The third-order valence-electron chi connectivity index (χ3n) is 11.0. The summed E-state index contributed by atoms with van der Waals surface area (Å²) in [5, 5.41) is 110. The van der Waals surface area contributed by atoms with Gasteiger partial charge in [-0.05, 0) is 153 Å². The molecule has 12 N–H and O–H groups in total. The number of rotatable bonds is 23. The Balaban J connectivity index is 1.14. The van der Waals surface area contributed by atoms with Gasteiger partial charge in [-0.15, -0.1) is 0 Å². The van der Waals surface area contributed by atoms with Crippen molar-refractivity contribution in [2.75, 3.05) is 26.2 Å². The lowest BCUT2D eigenvalue weighted by molar-refractivity contribution is -0.373. The molecule has 1 amide bonds. The fourth-order valence-corrected chi connectivity index (χ4v) is 11.7. The first-order valence-corrected chi connectivity index (χ1v) is 25.8. The van der Waals surface area contributed by atoms with Gasteiger partial charge in [0.25, 0.3) is 0 Å². The third-order valence-corrected chi connectivity index (χ3v) is 14.2. The standard InChI is InChI=1S/C42H54I4N2O21/c1-16(49)8-17-9-19(43)37(20(44)10-17)64-18-11-21(45)36(22(46)12-18)63-7-3-5-47-4-2-6-48-26(50)13-24-38(68-41-34(60)30(56)29(55)23(66-41)14-27(51)52)32(58)35(61)42(67-24)69-39-25(15-28(53)54)65-40(62)33(59)31(39)57/h9-12,23-25,29-35,38-42,47,55-62H,2-8,13-15H2,1H3,(H,48,50)(H,51,52)(H,53,54)/t23?,24?,25?,29-,30+,31-,32-,33?,34?,35?,38-,39-,40-,41+,42+/m1/s1. The monoisotopic (exact) mass is 1430 g/mol. The van der Waals surface area contributed by atoms with Gasteiger partial charge >= 0.3 is 11.9 Å². The molecule has 0 spiro atoms. The Bertz CT molecular complexity index is 2050. The Kier molecular flexibility index (Phi) is 23.0. The van der Waals surface area contributed by atoms with Crippen LogP contribution in [0.3, 0.4) is 0 Å². The summed E-state index contributed by atoms with van der Waals surface area (Å²) in [4.78, 5) is 47.9. The van der Waals surface area contributed by atoms with Crippen molar-refractivity contribution in [2.45, 2.75) is 138 Å². The van der Waals surface area contributed by atoms with E-state index in [1.54, 1.807) is 6.92 Å². The molecule has 27 heteroatoms. The quantitative estimate of drug-likeness (QED) is 0.0502. The fourth-order valence-electron chi connectivity index (χ4n) is 7.60. The van der Waals surface area contributed by atoms with Crippen molar-refractivity contribution in [1.82, 2.24) is 10.6 Å². The van der Waals surface area contributed by atoms with Gasteiger partial charge in [0.05, 0.1) is 52.4 Å². The van der Waals surface area contributed by atoms with Crippen LogP contribution in [-0.2, 0) is 49.3 Å². The number of hydrogen-bond acceptors (Lipinski definition) is 20. The summed E-state index contributed by atoms with van der Waals surface area (Å²) in [5.41, 5.74) is 0.921. The van der Waals surface area contributed by atoms with Crippen LogP contribution in [0, 0.1) is 14.3 Å². The van der Waals surface area contributed by atoms with Crippen LogP contribution < -0.4 is 20.1 Å². The molecule has 3 aliphatic heterocycles. The number of hydrogen-bond donors (Lipinski definition) is 12. The lowest BCUT2D eigenvalue weighted by Gasteiger charge is -2.48. The number of Topliss-reactive ketones (excluding diaryl/α,β-unsaturated/α-hetero) is 1. The summed E-state index contributed by atoms with van der Waals surface area (Å²) in [6.45, 7) is 3.15. The number of amides is 1. The lowest BCUT2D eigenvalue weighted by Crippen LogP contribution is -2.66. The molecule has 0 aromatic heterocycles. The number of halogens is 4. The molecule has 3 saturated heterocycles. The van der Waals surface area contributed by atoms with Crippen LogP contribution in [0.4, 0.5) is 0 Å². The van der Waals surface area contributed by atoms with Crippen molar-refractivity contribution in [3.63, 3.8) is 0 Å². The van der Waals surface area contributed by atoms with Crippen molar-refractivity contribution in [2.24, 2.45) is 0 Å². The number of carboxylic acids is 2. The predicted molar refractivity (Wildman–Crippen MR) is 268 cm³/mol. The Morgan fingerprint density at radius 1 is 0.594 bits per heavy atom. The first-order chi connectivity index (χ1) is 32.6. The highest BCUT2D eigenvalue weighted by molar-refractivity contribution is 14.1. The predicted octanol–water partition coefficient (Wildman–Crippen LogP) is -0.303. The van der Waals surface area contributed by atoms with E-state index < -0.39 is 129 Å². The zero-order valence-electron chi connectivity index (χ0n) is 36.5. The van der Waals surface area contributed by atoms with Gasteiger partial charge in [0, 0.05) is 13.0 Å². The topological polar surface area (TPSA) is 359 Å². The summed E-state index contributed by atoms with van der Waals surface area (Å²) in [6, 6.07) is 7.64. The SMILES string of the molecule is CC(=O)Cc1cc(I)c(Oc2cc(I)c(OCCCNCCCNC(=O)CC3O[C@@H](O[C@@H]4C(CC(=O)O)O[C@@H](O)C(O)[C@H]4O)C(O)[C@@H](O)[C@@H]3O[C@@H]3OC(CC(=O)O)[C@@H](O)[C@H](O)C3O)c(I)c2)c(I)c1. The zero-order valence-corrected chi connectivity index (χ0v) is 45.1. The highest BCUT2D eigenvalue weighted by Crippen LogP contribution is 2.38. The Hall–Kier alpha value is -1.52. The molecule has 0 bridgehead atoms. The van der Waals surface area contributed by atoms with Gasteiger partial charge in [0.2, 0.25) is 5.91 Å². The maximum Gasteiger partial charge on any atom is 0.306 e. The van der Waals surface area contributed by atoms with E-state index in [0.29, 0.717) is 56.2 Å². The number of carbonyl (C=O) groups excluding carboxylic acids is 2. The zero-order chi connectivity index (χ0) is 50.9. The second-order valence-corrected chi connectivity index (χ2v) is 21.1. The number of carboxylic acid groups (broad SMARTS) is 2. The largest absolute Gasteiger partial charge is 0.491 e. The van der Waals surface area contributed by atoms with E-state index in [2.05, 4.69) is 101 Å². The number of carbonyl (C=O) groups is 4. The second kappa shape index (κ2) is 27.1. The van der Waals surface area contributed by atoms with Crippen LogP contribution in [0.15, 0.2) is 24.3 Å². The molecular formula is C42H54I4N2O21. The van der Waals surface area contributed by atoms with Gasteiger partial charge in [0.1, 0.15) is 78.3 Å². The maximum absolute atomic E-state index is 13.3. The number of nitrogens with one attached hydrogen (secondary N) is 2. The van der Waals surface area contributed by atoms with E-state index in [4.69, 9.17) is 33.2 Å². The van der Waals surface area contributed by atoms with Crippen LogP contribution in [0.5, 0.6) is 17.2 Å². The first kappa shape index (κ1) is 58.4. The number of ketones is 1. The summed E-state index contributed by atoms with van der Waals surface area (Å²) >= 11 is 8.78. The minimum atomic E-state index is -2.12. The highest BCUT2D eigenvalue weighted by Gasteiger charge is 2.54. The van der Waals surface area contributed by atoms with Crippen molar-refractivity contribution >= 4 is 114 Å². The average Bonchev–Trinajstić information content (AvgIpc) is 3.26. The first-order valence-electron chi connectivity index (χ1n) is 21.5. The molecule has 386 valence electrons. The van der Waals surface area contributed by atoms with Gasteiger partial charge in [-0.25, -0.2) is 0 Å². The van der Waals surface area contributed by atoms with Gasteiger partial charge in [-0.1, -0.05) is 0 Å². The molecule has 0 saturated carbocycles. The molecule has 3 fully saturated rings. The molecule has 3 heterocycles. The van der Waals surface area contributed by atoms with Crippen molar-refractivity contribution in [3.8, 4) is 17.2 Å². The van der Waals surface area contributed by atoms with Crippen molar-refractivity contribution in [3.05, 3.63) is 44.1 Å². The molecule has 69 heavy (non-hydrogen) atoms. The molecule has 3 aliphatic rings. The van der Waals surface area contributed by atoms with Crippen LogP contribution in [0.25, 0.3) is 0 Å². The Morgan fingerprint density at radius 2 is 1.10 bits per heavy atom. The molecule has 2 aromatic carbocycles.